The van der Waals surface area contributed by atoms with Crippen molar-refractivity contribution in [1.29, 1.82) is 0 Å². The average molecular weight is 793 g/mol. The van der Waals surface area contributed by atoms with Crippen LogP contribution in [0.25, 0.3) is 0 Å². The monoisotopic (exact) mass is 791 g/mol. The number of para-hydroxylation sites is 1. The van der Waals surface area contributed by atoms with Crippen molar-refractivity contribution in [2.24, 2.45) is 0 Å². The maximum Gasteiger partial charge on any atom is 0.461 e. The van der Waals surface area contributed by atoms with Gasteiger partial charge in [0.1, 0.15) is 12.4 Å². The Bertz CT molecular complexity index is 1030. The van der Waals surface area contributed by atoms with Crippen molar-refractivity contribution in [3.63, 3.8) is 0 Å². The fraction of sp³-hybridized carbons (Fsp3) is 0.805. The fourth-order valence-electron chi connectivity index (χ4n) is 6.00. The van der Waals surface area contributed by atoms with Gasteiger partial charge in [0.25, 0.3) is 0 Å². The van der Waals surface area contributed by atoms with Crippen LogP contribution in [0, 0.1) is 0 Å². The van der Waals surface area contributed by atoms with Crippen LogP contribution >= 0.6 is 30.9 Å². The molecule has 302 valence electrons. The molecule has 1 aromatic rings. The quantitative estimate of drug-likeness (QED) is 0.0285. The molecule has 0 saturated carbocycles. The number of unbranched alkanes of at least 4 members (excludes halogenated alkanes) is 20. The van der Waals surface area contributed by atoms with Crippen molar-refractivity contribution in [3.8, 4) is 5.75 Å². The highest BCUT2D eigenvalue weighted by Crippen LogP contribution is 2.52. The highest BCUT2D eigenvalue weighted by Gasteiger charge is 2.36. The van der Waals surface area contributed by atoms with E-state index in [4.69, 9.17) is 41.7 Å². The van der Waals surface area contributed by atoms with Gasteiger partial charge in [0.2, 0.25) is 0 Å². The number of rotatable bonds is 37. The van der Waals surface area contributed by atoms with Gasteiger partial charge in [-0.25, -0.2) is 4.57 Å². The molecule has 8 nitrogen and oxygen atoms in total. The van der Waals surface area contributed by atoms with Gasteiger partial charge >= 0.3 is 19.7 Å². The van der Waals surface area contributed by atoms with Crippen LogP contribution in [-0.4, -0.2) is 60.8 Å². The normalized spacial score (nSPS) is 13.2. The molecule has 0 spiro atoms. The first-order valence-corrected chi connectivity index (χ1v) is 23.2. The summed E-state index contributed by atoms with van der Waals surface area (Å²) in [7, 11) is -3.99. The standard InChI is InChI=1S/C41H72Cl2NO7P/c1-3-5-7-9-11-13-15-17-19-21-26-30-40(45)48-36-39(50-41(46)31-27-22-20-18-16-14-12-10-8-6-4-2)37-49-52(47,44(34-32-42)35-33-43)51-38-28-24-23-25-29-38/h23-25,28-29,39H,3-22,26-27,30-37H2,1-2H3/t39-,52+/m0/s1. The second kappa shape index (κ2) is 34.2. The molecule has 0 radical (unpaired) electrons. The second-order valence-electron chi connectivity index (χ2n) is 13.9. The molecule has 0 saturated heterocycles. The lowest BCUT2D eigenvalue weighted by atomic mass is 10.1. The van der Waals surface area contributed by atoms with Gasteiger partial charge in [-0.1, -0.05) is 160 Å². The molecular formula is C41H72Cl2NO7P. The van der Waals surface area contributed by atoms with E-state index in [9.17, 15) is 14.2 Å². The molecular weight excluding hydrogens is 720 g/mol. The lowest BCUT2D eigenvalue weighted by Crippen LogP contribution is -2.33. The van der Waals surface area contributed by atoms with Gasteiger partial charge in [-0.2, -0.15) is 4.67 Å². The molecule has 2 atom stereocenters. The summed E-state index contributed by atoms with van der Waals surface area (Å²) in [5.74, 6) is -0.0455. The Morgan fingerprint density at radius 1 is 0.615 bits per heavy atom. The van der Waals surface area contributed by atoms with E-state index in [0.29, 0.717) is 12.2 Å². The van der Waals surface area contributed by atoms with Crippen molar-refractivity contribution >= 4 is 42.9 Å². The Labute approximate surface area is 327 Å². The van der Waals surface area contributed by atoms with Gasteiger partial charge in [0, 0.05) is 37.7 Å². The van der Waals surface area contributed by atoms with Gasteiger partial charge in [-0.05, 0) is 25.0 Å². The molecule has 52 heavy (non-hydrogen) atoms. The summed E-state index contributed by atoms with van der Waals surface area (Å²) in [6.45, 7) is 4.40. The maximum atomic E-state index is 14.2. The summed E-state index contributed by atoms with van der Waals surface area (Å²) in [5, 5.41) is 0. The van der Waals surface area contributed by atoms with Crippen LogP contribution in [0.3, 0.4) is 0 Å². The van der Waals surface area contributed by atoms with E-state index in [-0.39, 0.29) is 50.5 Å². The minimum absolute atomic E-state index is 0.177. The SMILES string of the molecule is CCCCCCCCCCCCCC(=O)OC[C@@H](CO[P@@](=O)(Oc1ccccc1)N(CCCl)CCCl)OC(=O)CCCCCCCCCCCCC. The van der Waals surface area contributed by atoms with Crippen LogP contribution in [0.15, 0.2) is 30.3 Å². The van der Waals surface area contributed by atoms with E-state index < -0.39 is 19.8 Å². The van der Waals surface area contributed by atoms with Gasteiger partial charge in [-0.3, -0.25) is 14.1 Å². The van der Waals surface area contributed by atoms with Crippen LogP contribution < -0.4 is 4.52 Å². The molecule has 0 aliphatic rings. The average Bonchev–Trinajstić information content (AvgIpc) is 3.14. The maximum absolute atomic E-state index is 14.2. The first-order valence-electron chi connectivity index (χ1n) is 20.6. The first kappa shape index (κ1) is 48.7. The Kier molecular flexibility index (Phi) is 32.0. The summed E-state index contributed by atoms with van der Waals surface area (Å²) < 4.78 is 38.9. The molecule has 0 aromatic heterocycles. The zero-order valence-electron chi connectivity index (χ0n) is 32.7. The number of ether oxygens (including phenoxy) is 2. The summed E-state index contributed by atoms with van der Waals surface area (Å²) in [5.41, 5.74) is 0. The summed E-state index contributed by atoms with van der Waals surface area (Å²) in [4.78, 5) is 25.6. The third-order valence-electron chi connectivity index (χ3n) is 9.12. The molecule has 0 aliphatic heterocycles. The number of carbonyl (C=O) groups is 2. The van der Waals surface area contributed by atoms with E-state index in [1.165, 1.54) is 107 Å². The highest BCUT2D eigenvalue weighted by atomic mass is 35.5. The second-order valence-corrected chi connectivity index (χ2v) is 16.6. The van der Waals surface area contributed by atoms with Crippen molar-refractivity contribution in [1.82, 2.24) is 4.67 Å². The number of hydrogen-bond donors (Lipinski definition) is 0. The van der Waals surface area contributed by atoms with Gasteiger partial charge in [0.05, 0.1) is 6.61 Å². The van der Waals surface area contributed by atoms with Crippen LogP contribution in [0.1, 0.15) is 168 Å². The molecule has 1 rings (SSSR count). The molecule has 0 amide bonds. The summed E-state index contributed by atoms with van der Waals surface area (Å²) in [6, 6.07) is 8.71. The lowest BCUT2D eigenvalue weighted by Gasteiger charge is -2.30. The summed E-state index contributed by atoms with van der Waals surface area (Å²) in [6.07, 6.45) is 25.7. The molecule has 0 aliphatic carbocycles. The third-order valence-corrected chi connectivity index (χ3v) is 11.5. The number of carbonyl (C=O) groups excluding carboxylic acids is 2. The number of alkyl halides is 2. The van der Waals surface area contributed by atoms with Crippen LogP contribution in [0.5, 0.6) is 5.75 Å². The van der Waals surface area contributed by atoms with E-state index >= 15 is 0 Å². The minimum atomic E-state index is -3.99. The summed E-state index contributed by atoms with van der Waals surface area (Å²) >= 11 is 12.1. The Balaban J connectivity index is 2.67. The third kappa shape index (κ3) is 26.5. The highest BCUT2D eigenvalue weighted by molar-refractivity contribution is 7.51. The molecule has 0 bridgehead atoms. The Morgan fingerprint density at radius 3 is 1.48 bits per heavy atom. The number of benzene rings is 1. The Morgan fingerprint density at radius 2 is 1.04 bits per heavy atom. The zero-order valence-corrected chi connectivity index (χ0v) is 35.1. The van der Waals surface area contributed by atoms with Crippen molar-refractivity contribution in [2.45, 2.75) is 174 Å². The predicted octanol–water partition coefficient (Wildman–Crippen LogP) is 12.8. The fourth-order valence-corrected chi connectivity index (χ4v) is 8.40. The molecule has 11 heteroatoms. The van der Waals surface area contributed by atoms with Crippen LogP contribution in [0.2, 0.25) is 0 Å². The van der Waals surface area contributed by atoms with E-state index in [1.807, 2.05) is 6.07 Å². The van der Waals surface area contributed by atoms with E-state index in [0.717, 1.165) is 38.5 Å². The zero-order chi connectivity index (χ0) is 38.0. The van der Waals surface area contributed by atoms with Crippen molar-refractivity contribution in [2.75, 3.05) is 38.1 Å². The molecule has 0 unspecified atom stereocenters. The van der Waals surface area contributed by atoms with Gasteiger partial charge < -0.3 is 14.0 Å². The molecule has 1 aromatic carbocycles. The van der Waals surface area contributed by atoms with E-state index in [1.54, 1.807) is 24.3 Å². The first-order chi connectivity index (χ1) is 25.4. The largest absolute Gasteiger partial charge is 0.462 e. The van der Waals surface area contributed by atoms with Gasteiger partial charge in [0.15, 0.2) is 6.10 Å². The number of esters is 2. The van der Waals surface area contributed by atoms with E-state index in [2.05, 4.69) is 13.8 Å². The van der Waals surface area contributed by atoms with Crippen molar-refractivity contribution in [3.05, 3.63) is 30.3 Å². The lowest BCUT2D eigenvalue weighted by molar-refractivity contribution is -0.161. The number of halogens is 2. The predicted molar refractivity (Wildman–Crippen MR) is 217 cm³/mol. The minimum Gasteiger partial charge on any atom is -0.462 e. The number of hydrogen-bond acceptors (Lipinski definition) is 7. The van der Waals surface area contributed by atoms with Crippen LogP contribution in [0.4, 0.5) is 0 Å². The van der Waals surface area contributed by atoms with Crippen LogP contribution in [-0.2, 0) is 28.2 Å². The number of nitrogens with zero attached hydrogens (tertiary/aromatic N) is 1. The molecule has 0 heterocycles. The smallest absolute Gasteiger partial charge is 0.461 e. The topological polar surface area (TPSA) is 91.4 Å². The van der Waals surface area contributed by atoms with Gasteiger partial charge in [-0.15, -0.1) is 23.2 Å². The molecule has 0 N–H and O–H groups in total. The molecule has 0 fully saturated rings. The van der Waals surface area contributed by atoms with Crippen molar-refractivity contribution < 1.29 is 32.7 Å². The Hall–Kier alpha value is -1.31.